The summed E-state index contributed by atoms with van der Waals surface area (Å²) in [4.78, 5) is 2.37. The molecule has 3 heteroatoms. The molecule has 108 valence electrons. The smallest absolute Gasteiger partial charge is 0.0640 e. The third kappa shape index (κ3) is 4.25. The van der Waals surface area contributed by atoms with Gasteiger partial charge in [0.15, 0.2) is 0 Å². The number of para-hydroxylation sites is 1. The van der Waals surface area contributed by atoms with Gasteiger partial charge < -0.3 is 10.2 Å². The van der Waals surface area contributed by atoms with Crippen molar-refractivity contribution in [2.24, 2.45) is 0 Å². The SMILES string of the molecule is CC(CC1CCCCN1)N(CCC#N)c1ccccc1. The fourth-order valence-corrected chi connectivity index (χ4v) is 3.06. The first-order valence-corrected chi connectivity index (χ1v) is 7.73. The molecule has 0 bridgehead atoms. The van der Waals surface area contributed by atoms with E-state index >= 15 is 0 Å². The lowest BCUT2D eigenvalue weighted by molar-refractivity contribution is 0.359. The van der Waals surface area contributed by atoms with Crippen molar-refractivity contribution in [2.45, 2.75) is 51.1 Å². The number of hydrogen-bond acceptors (Lipinski definition) is 3. The van der Waals surface area contributed by atoms with Gasteiger partial charge in [0, 0.05) is 24.3 Å². The van der Waals surface area contributed by atoms with Crippen LogP contribution in [0.1, 0.15) is 39.0 Å². The minimum atomic E-state index is 0.460. The van der Waals surface area contributed by atoms with Gasteiger partial charge in [0.2, 0.25) is 0 Å². The highest BCUT2D eigenvalue weighted by Crippen LogP contribution is 2.21. The molecule has 1 aliphatic heterocycles. The standard InChI is InChI=1S/C17H25N3/c1-15(14-16-8-5-6-12-19-16)20(13-7-11-18)17-9-3-2-4-10-17/h2-4,9-10,15-16,19H,5-8,12-14H2,1H3. The van der Waals surface area contributed by atoms with Crippen LogP contribution in [0.4, 0.5) is 5.69 Å². The van der Waals surface area contributed by atoms with Gasteiger partial charge in [0.1, 0.15) is 0 Å². The van der Waals surface area contributed by atoms with Crippen LogP contribution in [-0.2, 0) is 0 Å². The monoisotopic (exact) mass is 271 g/mol. The number of nitriles is 1. The van der Waals surface area contributed by atoms with E-state index in [9.17, 15) is 0 Å². The molecule has 0 aromatic heterocycles. The summed E-state index contributed by atoms with van der Waals surface area (Å²) >= 11 is 0. The number of piperidine rings is 1. The van der Waals surface area contributed by atoms with Crippen molar-refractivity contribution in [3.63, 3.8) is 0 Å². The van der Waals surface area contributed by atoms with Gasteiger partial charge in [-0.05, 0) is 44.9 Å². The predicted octanol–water partition coefficient (Wildman–Crippen LogP) is 3.33. The Balaban J connectivity index is 1.99. The Morgan fingerprint density at radius 2 is 2.15 bits per heavy atom. The van der Waals surface area contributed by atoms with E-state index in [-0.39, 0.29) is 0 Å². The lowest BCUT2D eigenvalue weighted by Gasteiger charge is -2.34. The molecule has 20 heavy (non-hydrogen) atoms. The van der Waals surface area contributed by atoms with Crippen molar-refractivity contribution in [1.29, 1.82) is 5.26 Å². The Kier molecular flexibility index (Phi) is 5.88. The van der Waals surface area contributed by atoms with Crippen LogP contribution in [0.15, 0.2) is 30.3 Å². The van der Waals surface area contributed by atoms with Crippen molar-refractivity contribution < 1.29 is 0 Å². The average Bonchev–Trinajstić information content (AvgIpc) is 2.50. The minimum absolute atomic E-state index is 0.460. The largest absolute Gasteiger partial charge is 0.368 e. The number of anilines is 1. The van der Waals surface area contributed by atoms with Crippen molar-refractivity contribution >= 4 is 5.69 Å². The number of nitrogens with zero attached hydrogens (tertiary/aromatic N) is 2. The van der Waals surface area contributed by atoms with Gasteiger partial charge in [0.05, 0.1) is 12.5 Å². The van der Waals surface area contributed by atoms with Crippen molar-refractivity contribution in [1.82, 2.24) is 5.32 Å². The molecule has 3 nitrogen and oxygen atoms in total. The maximum Gasteiger partial charge on any atom is 0.0640 e. The van der Waals surface area contributed by atoms with E-state index in [4.69, 9.17) is 5.26 Å². The van der Waals surface area contributed by atoms with Gasteiger partial charge >= 0.3 is 0 Å². The molecule has 1 heterocycles. The average molecular weight is 271 g/mol. The first-order valence-electron chi connectivity index (χ1n) is 7.73. The van der Waals surface area contributed by atoms with Gasteiger partial charge in [0.25, 0.3) is 0 Å². The van der Waals surface area contributed by atoms with Crippen LogP contribution < -0.4 is 10.2 Å². The molecule has 2 rings (SSSR count). The molecule has 1 aromatic rings. The zero-order valence-corrected chi connectivity index (χ0v) is 12.4. The van der Waals surface area contributed by atoms with E-state index in [0.717, 1.165) is 19.5 Å². The lowest BCUT2D eigenvalue weighted by Crippen LogP contribution is -2.42. The zero-order valence-electron chi connectivity index (χ0n) is 12.4. The van der Waals surface area contributed by atoms with E-state index in [1.165, 1.54) is 24.9 Å². The number of hydrogen-bond donors (Lipinski definition) is 1. The Morgan fingerprint density at radius 1 is 1.35 bits per heavy atom. The first-order chi connectivity index (χ1) is 9.81. The minimum Gasteiger partial charge on any atom is -0.368 e. The molecule has 1 fully saturated rings. The first kappa shape index (κ1) is 14.9. The highest BCUT2D eigenvalue weighted by molar-refractivity contribution is 5.47. The maximum absolute atomic E-state index is 8.88. The quantitative estimate of drug-likeness (QED) is 0.862. The Labute approximate surface area is 122 Å². The summed E-state index contributed by atoms with van der Waals surface area (Å²) in [5.41, 5.74) is 1.23. The molecule has 0 spiro atoms. The van der Waals surface area contributed by atoms with Gasteiger partial charge in [-0.25, -0.2) is 0 Å². The van der Waals surface area contributed by atoms with E-state index in [1.54, 1.807) is 0 Å². The van der Waals surface area contributed by atoms with Crippen LogP contribution in [0.2, 0.25) is 0 Å². The van der Waals surface area contributed by atoms with Crippen LogP contribution in [0.25, 0.3) is 0 Å². The highest BCUT2D eigenvalue weighted by atomic mass is 15.2. The summed E-state index contributed by atoms with van der Waals surface area (Å²) in [6.07, 6.45) is 5.67. The van der Waals surface area contributed by atoms with Gasteiger partial charge in [-0.2, -0.15) is 5.26 Å². The van der Waals surface area contributed by atoms with Crippen molar-refractivity contribution in [3.05, 3.63) is 30.3 Å². The molecule has 1 aromatic carbocycles. The molecular weight excluding hydrogens is 246 g/mol. The molecule has 0 saturated carbocycles. The molecule has 0 amide bonds. The molecule has 2 unspecified atom stereocenters. The Hall–Kier alpha value is -1.53. The number of benzene rings is 1. The molecule has 1 saturated heterocycles. The summed E-state index contributed by atoms with van der Waals surface area (Å²) in [5, 5.41) is 12.5. The lowest BCUT2D eigenvalue weighted by atomic mass is 9.97. The van der Waals surface area contributed by atoms with Gasteiger partial charge in [-0.1, -0.05) is 24.6 Å². The number of nitrogens with one attached hydrogen (secondary N) is 1. The summed E-state index contributed by atoms with van der Waals surface area (Å²) < 4.78 is 0. The second kappa shape index (κ2) is 7.91. The summed E-state index contributed by atoms with van der Waals surface area (Å²) in [7, 11) is 0. The van der Waals surface area contributed by atoms with E-state index in [2.05, 4.69) is 47.5 Å². The molecule has 2 atom stereocenters. The maximum atomic E-state index is 8.88. The summed E-state index contributed by atoms with van der Waals surface area (Å²) in [6.45, 7) is 4.25. The molecule has 1 N–H and O–H groups in total. The normalized spacial score (nSPS) is 20.1. The van der Waals surface area contributed by atoms with Crippen LogP contribution in [0.5, 0.6) is 0 Å². The van der Waals surface area contributed by atoms with Crippen LogP contribution in [0.3, 0.4) is 0 Å². The predicted molar refractivity (Wildman–Crippen MR) is 83.7 cm³/mol. The fourth-order valence-electron chi connectivity index (χ4n) is 3.06. The zero-order chi connectivity index (χ0) is 14.2. The van der Waals surface area contributed by atoms with Gasteiger partial charge in [-0.3, -0.25) is 0 Å². The third-order valence-electron chi connectivity index (χ3n) is 4.12. The highest BCUT2D eigenvalue weighted by Gasteiger charge is 2.20. The van der Waals surface area contributed by atoms with Crippen LogP contribution >= 0.6 is 0 Å². The Bertz CT molecular complexity index is 418. The second-order valence-electron chi connectivity index (χ2n) is 5.67. The van der Waals surface area contributed by atoms with E-state index in [1.807, 2.05) is 6.07 Å². The fraction of sp³-hybridized carbons (Fsp3) is 0.588. The third-order valence-corrected chi connectivity index (χ3v) is 4.12. The summed E-state index contributed by atoms with van der Waals surface area (Å²) in [5.74, 6) is 0. The second-order valence-corrected chi connectivity index (χ2v) is 5.67. The topological polar surface area (TPSA) is 39.1 Å². The van der Waals surface area contributed by atoms with Crippen LogP contribution in [-0.4, -0.2) is 25.2 Å². The Morgan fingerprint density at radius 3 is 2.80 bits per heavy atom. The molecule has 1 aliphatic rings. The van der Waals surface area contributed by atoms with Crippen molar-refractivity contribution in [2.75, 3.05) is 18.0 Å². The van der Waals surface area contributed by atoms with Crippen LogP contribution in [0, 0.1) is 11.3 Å². The summed E-state index contributed by atoms with van der Waals surface area (Å²) in [6, 6.07) is 13.8. The molecular formula is C17H25N3. The van der Waals surface area contributed by atoms with Gasteiger partial charge in [-0.15, -0.1) is 0 Å². The molecule has 0 radical (unpaired) electrons. The molecule has 0 aliphatic carbocycles. The number of rotatable bonds is 6. The van der Waals surface area contributed by atoms with Crippen molar-refractivity contribution in [3.8, 4) is 6.07 Å². The van der Waals surface area contributed by atoms with E-state index in [0.29, 0.717) is 18.5 Å². The van der Waals surface area contributed by atoms with E-state index < -0.39 is 0 Å².